The van der Waals surface area contributed by atoms with Crippen molar-refractivity contribution in [3.63, 3.8) is 0 Å². The van der Waals surface area contributed by atoms with Crippen molar-refractivity contribution in [2.24, 2.45) is 0 Å². The number of carbonyl (C=O) groups excluding carboxylic acids is 1. The Morgan fingerprint density at radius 3 is 2.82 bits per heavy atom. The van der Waals surface area contributed by atoms with Gasteiger partial charge >= 0.3 is 5.97 Å². The molecule has 1 atom stereocenters. The Bertz CT molecular complexity index is 656. The highest BCUT2D eigenvalue weighted by molar-refractivity contribution is 5.88. The van der Waals surface area contributed by atoms with Crippen LogP contribution in [0.2, 0.25) is 0 Å². The molecule has 2 aromatic rings. The molecule has 0 fully saturated rings. The third-order valence-electron chi connectivity index (χ3n) is 3.19. The minimum absolute atomic E-state index is 0.0348. The molecule has 1 aromatic heterocycles. The molecule has 2 rings (SSSR count). The van der Waals surface area contributed by atoms with Crippen LogP contribution in [-0.4, -0.2) is 45.4 Å². The number of aliphatic hydroxyl groups is 2. The summed E-state index contributed by atoms with van der Waals surface area (Å²) >= 11 is 0. The van der Waals surface area contributed by atoms with E-state index in [-0.39, 0.29) is 17.9 Å². The minimum Gasteiger partial charge on any atom is -0.497 e. The van der Waals surface area contributed by atoms with E-state index in [0.717, 1.165) is 0 Å². The highest BCUT2D eigenvalue weighted by Crippen LogP contribution is 2.21. The van der Waals surface area contributed by atoms with Crippen molar-refractivity contribution in [2.45, 2.75) is 19.3 Å². The van der Waals surface area contributed by atoms with Crippen molar-refractivity contribution in [1.29, 1.82) is 0 Å². The average Bonchev–Trinajstić information content (AvgIpc) is 2.96. The van der Waals surface area contributed by atoms with E-state index in [2.05, 4.69) is 15.0 Å². The van der Waals surface area contributed by atoms with E-state index in [1.54, 1.807) is 24.3 Å². The maximum absolute atomic E-state index is 11.5. The van der Waals surface area contributed by atoms with E-state index in [1.165, 1.54) is 18.9 Å². The normalized spacial score (nSPS) is 12.0. The molecule has 118 valence electrons. The lowest BCUT2D eigenvalue weighted by molar-refractivity contribution is 0.0589. The van der Waals surface area contributed by atoms with Gasteiger partial charge in [-0.1, -0.05) is 17.3 Å². The zero-order valence-electron chi connectivity index (χ0n) is 12.3. The van der Waals surface area contributed by atoms with Gasteiger partial charge in [0, 0.05) is 0 Å². The number of hydrogen-bond acceptors (Lipinski definition) is 7. The van der Waals surface area contributed by atoms with Gasteiger partial charge in [0.05, 0.1) is 39.2 Å². The molecule has 0 radical (unpaired) electrons. The molecule has 22 heavy (non-hydrogen) atoms. The third-order valence-corrected chi connectivity index (χ3v) is 3.19. The number of aliphatic hydroxyl groups excluding tert-OH is 2. The number of aromatic nitrogens is 3. The summed E-state index contributed by atoms with van der Waals surface area (Å²) in [5.41, 5.74) is 0.745. The molecule has 0 aliphatic rings. The molecule has 8 heteroatoms. The first-order valence-corrected chi connectivity index (χ1v) is 6.54. The topological polar surface area (TPSA) is 107 Å². The largest absolute Gasteiger partial charge is 0.497 e. The van der Waals surface area contributed by atoms with E-state index in [0.29, 0.717) is 11.3 Å². The van der Waals surface area contributed by atoms with Crippen molar-refractivity contribution in [2.75, 3.05) is 14.2 Å². The second-order valence-corrected chi connectivity index (χ2v) is 4.51. The van der Waals surface area contributed by atoms with Crippen LogP contribution in [0, 0.1) is 0 Å². The standard InChI is InChI=1S/C14H17N3O5/c1-21-10-5-3-4-9(6-10)12(19)7-17-11(8-18)13(15-16-17)14(20)22-2/h3-6,12,18-19H,7-8H2,1-2H3. The van der Waals surface area contributed by atoms with Crippen LogP contribution in [0.25, 0.3) is 0 Å². The second-order valence-electron chi connectivity index (χ2n) is 4.51. The third kappa shape index (κ3) is 3.23. The number of hydrogen-bond donors (Lipinski definition) is 2. The van der Waals surface area contributed by atoms with Gasteiger partial charge < -0.3 is 19.7 Å². The fourth-order valence-electron chi connectivity index (χ4n) is 2.01. The lowest BCUT2D eigenvalue weighted by atomic mass is 10.1. The summed E-state index contributed by atoms with van der Waals surface area (Å²) < 4.78 is 10.9. The Balaban J connectivity index is 2.22. The van der Waals surface area contributed by atoms with Gasteiger partial charge in [-0.05, 0) is 17.7 Å². The first-order valence-electron chi connectivity index (χ1n) is 6.54. The first kappa shape index (κ1) is 15.9. The Labute approximate surface area is 126 Å². The van der Waals surface area contributed by atoms with Crippen LogP contribution in [0.4, 0.5) is 0 Å². The number of benzene rings is 1. The molecule has 0 saturated carbocycles. The lowest BCUT2D eigenvalue weighted by Crippen LogP contribution is -2.14. The molecule has 0 spiro atoms. The van der Waals surface area contributed by atoms with Gasteiger partial charge in [-0.2, -0.15) is 0 Å². The summed E-state index contributed by atoms with van der Waals surface area (Å²) in [4.78, 5) is 11.5. The second kappa shape index (κ2) is 7.01. The van der Waals surface area contributed by atoms with Crippen LogP contribution in [0.1, 0.15) is 27.8 Å². The number of nitrogens with zero attached hydrogens (tertiary/aromatic N) is 3. The van der Waals surface area contributed by atoms with Crippen molar-refractivity contribution in [3.8, 4) is 5.75 Å². The molecule has 1 heterocycles. The average molecular weight is 307 g/mol. The summed E-state index contributed by atoms with van der Waals surface area (Å²) in [6.45, 7) is -0.407. The number of esters is 1. The summed E-state index contributed by atoms with van der Waals surface area (Å²) in [6, 6.07) is 6.96. The SMILES string of the molecule is COC(=O)c1nnn(CC(O)c2cccc(OC)c2)c1CO. The van der Waals surface area contributed by atoms with Crippen molar-refractivity contribution in [3.05, 3.63) is 41.2 Å². The van der Waals surface area contributed by atoms with Crippen molar-refractivity contribution >= 4 is 5.97 Å². The van der Waals surface area contributed by atoms with Crippen LogP contribution in [0.15, 0.2) is 24.3 Å². The van der Waals surface area contributed by atoms with E-state index in [1.807, 2.05) is 0 Å². The lowest BCUT2D eigenvalue weighted by Gasteiger charge is -2.13. The van der Waals surface area contributed by atoms with E-state index in [9.17, 15) is 15.0 Å². The van der Waals surface area contributed by atoms with Crippen LogP contribution in [0.3, 0.4) is 0 Å². The Kier molecular flexibility index (Phi) is 5.08. The summed E-state index contributed by atoms with van der Waals surface area (Å²) in [7, 11) is 2.75. The molecule has 1 unspecified atom stereocenters. The van der Waals surface area contributed by atoms with Gasteiger partial charge in [-0.15, -0.1) is 5.10 Å². The highest BCUT2D eigenvalue weighted by Gasteiger charge is 2.21. The molecular weight excluding hydrogens is 290 g/mol. The molecule has 8 nitrogen and oxygen atoms in total. The summed E-state index contributed by atoms with van der Waals surface area (Å²) in [6.07, 6.45) is -0.896. The Hall–Kier alpha value is -2.45. The predicted molar refractivity (Wildman–Crippen MR) is 75.2 cm³/mol. The summed E-state index contributed by atoms with van der Waals surface area (Å²) in [5, 5.41) is 27.1. The molecule has 2 N–H and O–H groups in total. The zero-order chi connectivity index (χ0) is 16.1. The van der Waals surface area contributed by atoms with E-state index >= 15 is 0 Å². The quantitative estimate of drug-likeness (QED) is 0.739. The minimum atomic E-state index is -0.896. The van der Waals surface area contributed by atoms with Gasteiger partial charge in [-0.3, -0.25) is 0 Å². The Morgan fingerprint density at radius 1 is 1.41 bits per heavy atom. The van der Waals surface area contributed by atoms with Gasteiger partial charge in [0.25, 0.3) is 0 Å². The molecule has 1 aromatic carbocycles. The van der Waals surface area contributed by atoms with Crippen LogP contribution < -0.4 is 4.74 Å². The van der Waals surface area contributed by atoms with Gasteiger partial charge in [0.1, 0.15) is 5.75 Å². The number of ether oxygens (including phenoxy) is 2. The number of methoxy groups -OCH3 is 2. The molecule has 0 aliphatic carbocycles. The van der Waals surface area contributed by atoms with E-state index in [4.69, 9.17) is 4.74 Å². The fourth-order valence-corrected chi connectivity index (χ4v) is 2.01. The van der Waals surface area contributed by atoms with Gasteiger partial charge in [-0.25, -0.2) is 9.48 Å². The van der Waals surface area contributed by atoms with Crippen LogP contribution in [-0.2, 0) is 17.9 Å². The smallest absolute Gasteiger partial charge is 0.360 e. The molecule has 0 bridgehead atoms. The maximum Gasteiger partial charge on any atom is 0.360 e. The molecule has 0 saturated heterocycles. The molecular formula is C14H17N3O5. The number of rotatable bonds is 6. The molecule has 0 aliphatic heterocycles. The summed E-state index contributed by atoms with van der Waals surface area (Å²) in [5.74, 6) is -0.0704. The highest BCUT2D eigenvalue weighted by atomic mass is 16.5. The first-order chi connectivity index (χ1) is 10.6. The molecule has 0 amide bonds. The number of carbonyl (C=O) groups is 1. The fraction of sp³-hybridized carbons (Fsp3) is 0.357. The Morgan fingerprint density at radius 2 is 2.18 bits per heavy atom. The van der Waals surface area contributed by atoms with Crippen molar-refractivity contribution < 1.29 is 24.5 Å². The van der Waals surface area contributed by atoms with E-state index < -0.39 is 18.7 Å². The predicted octanol–water partition coefficient (Wildman–Crippen LogP) is 0.299. The maximum atomic E-state index is 11.5. The monoisotopic (exact) mass is 307 g/mol. The van der Waals surface area contributed by atoms with Gasteiger partial charge in [0.15, 0.2) is 5.69 Å². The van der Waals surface area contributed by atoms with Crippen LogP contribution in [0.5, 0.6) is 5.75 Å². The van der Waals surface area contributed by atoms with Crippen molar-refractivity contribution in [1.82, 2.24) is 15.0 Å². The van der Waals surface area contributed by atoms with Gasteiger partial charge in [0.2, 0.25) is 0 Å². The zero-order valence-corrected chi connectivity index (χ0v) is 12.3. The van der Waals surface area contributed by atoms with Crippen LogP contribution >= 0.6 is 0 Å².